The molecule has 1 unspecified atom stereocenters. The van der Waals surface area contributed by atoms with Crippen molar-refractivity contribution in [3.05, 3.63) is 94.0 Å². The molecular weight excluding hydrogens is 598 g/mol. The molecule has 1 aliphatic rings. The molecule has 3 aromatic carbocycles. The minimum atomic E-state index is -1.08. The number of phenolic OH excluding ortho intramolecular Hbond substituents is 1. The van der Waals surface area contributed by atoms with Crippen molar-refractivity contribution in [3.8, 4) is 5.75 Å². The number of alkyl carbamates (subject to hydrolysis) is 1. The van der Waals surface area contributed by atoms with Gasteiger partial charge in [0.15, 0.2) is 0 Å². The van der Waals surface area contributed by atoms with Gasteiger partial charge in [-0.2, -0.15) is 0 Å². The Balaban J connectivity index is 1.47. The number of rotatable bonds is 13. The van der Waals surface area contributed by atoms with Gasteiger partial charge in [-0.3, -0.25) is 19.3 Å². The number of aromatic hydroxyl groups is 1. The number of carbonyl (C=O) groups is 4. The molecule has 0 spiro atoms. The summed E-state index contributed by atoms with van der Waals surface area (Å²) < 4.78 is 5.24. The van der Waals surface area contributed by atoms with Crippen LogP contribution in [-0.2, 0) is 38.6 Å². The van der Waals surface area contributed by atoms with Gasteiger partial charge >= 0.3 is 6.09 Å². The summed E-state index contributed by atoms with van der Waals surface area (Å²) >= 11 is 6.11. The Morgan fingerprint density at radius 1 is 1.09 bits per heavy atom. The zero-order chi connectivity index (χ0) is 32.5. The van der Waals surface area contributed by atoms with E-state index in [1.807, 2.05) is 30.3 Å². The van der Waals surface area contributed by atoms with E-state index in [0.717, 1.165) is 16.7 Å². The molecule has 0 saturated heterocycles. The van der Waals surface area contributed by atoms with Crippen LogP contribution in [0.15, 0.2) is 66.7 Å². The number of halogens is 1. The highest BCUT2D eigenvalue weighted by Crippen LogP contribution is 2.36. The molecule has 1 heterocycles. The highest BCUT2D eigenvalue weighted by Gasteiger charge is 2.39. The fraction of sp³-hybridized carbons (Fsp3) is 0.333. The van der Waals surface area contributed by atoms with Crippen LogP contribution >= 0.6 is 11.6 Å². The van der Waals surface area contributed by atoms with Crippen molar-refractivity contribution in [2.45, 2.75) is 63.8 Å². The number of anilines is 1. The number of carbonyl (C=O) groups excluding carboxylic acids is 4. The molecule has 0 saturated carbocycles. The molecule has 0 fully saturated rings. The highest BCUT2D eigenvalue weighted by atomic mass is 35.5. The second kappa shape index (κ2) is 15.4. The van der Waals surface area contributed by atoms with Crippen molar-refractivity contribution in [1.82, 2.24) is 10.6 Å². The summed E-state index contributed by atoms with van der Waals surface area (Å²) in [6, 6.07) is 16.2. The lowest BCUT2D eigenvalue weighted by atomic mass is 9.91. The first-order valence-electron chi connectivity index (χ1n) is 14.7. The molecule has 7 N–H and O–H groups in total. The number of nitrogens with two attached hydrogens (primary N) is 2. The third-order valence-electron chi connectivity index (χ3n) is 7.72. The molecule has 3 atom stereocenters. The summed E-state index contributed by atoms with van der Waals surface area (Å²) in [4.78, 5) is 53.3. The molecule has 1 aliphatic heterocycles. The number of phenols is 1. The van der Waals surface area contributed by atoms with Gasteiger partial charge in [-0.25, -0.2) is 4.79 Å². The minimum absolute atomic E-state index is 0.0146. The molecule has 3 aromatic rings. The van der Waals surface area contributed by atoms with Crippen LogP contribution in [0.25, 0.3) is 0 Å². The number of nitrogens with zero attached hydrogens (tertiary/aromatic N) is 1. The molecule has 4 rings (SSSR count). The molecule has 0 aromatic heterocycles. The zero-order valence-corrected chi connectivity index (χ0v) is 25.8. The van der Waals surface area contributed by atoms with Crippen LogP contribution < -0.4 is 27.0 Å². The van der Waals surface area contributed by atoms with Crippen LogP contribution in [0.3, 0.4) is 0 Å². The van der Waals surface area contributed by atoms with Crippen molar-refractivity contribution in [2.24, 2.45) is 11.5 Å². The van der Waals surface area contributed by atoms with E-state index in [0.29, 0.717) is 29.1 Å². The number of nitrogens with one attached hydrogen (secondary N) is 2. The lowest BCUT2D eigenvalue weighted by Crippen LogP contribution is -2.59. The summed E-state index contributed by atoms with van der Waals surface area (Å²) in [6.07, 6.45) is 0.836. The van der Waals surface area contributed by atoms with Gasteiger partial charge in [0.05, 0.1) is 11.7 Å². The van der Waals surface area contributed by atoms with E-state index < -0.39 is 41.9 Å². The third-order valence-corrected chi connectivity index (χ3v) is 8.09. The van der Waals surface area contributed by atoms with Gasteiger partial charge in [0.1, 0.15) is 24.4 Å². The Labute approximate surface area is 266 Å². The van der Waals surface area contributed by atoms with Crippen molar-refractivity contribution in [2.75, 3.05) is 11.4 Å². The lowest BCUT2D eigenvalue weighted by molar-refractivity contribution is -0.130. The first-order valence-corrected chi connectivity index (χ1v) is 15.1. The summed E-state index contributed by atoms with van der Waals surface area (Å²) in [7, 11) is 0. The maximum Gasteiger partial charge on any atom is 0.407 e. The normalized spacial score (nSPS) is 15.5. The zero-order valence-electron chi connectivity index (χ0n) is 25.0. The first-order chi connectivity index (χ1) is 21.5. The molecule has 45 heavy (non-hydrogen) atoms. The highest BCUT2D eigenvalue weighted by molar-refractivity contribution is 6.31. The Morgan fingerprint density at radius 3 is 2.51 bits per heavy atom. The summed E-state index contributed by atoms with van der Waals surface area (Å²) in [6.45, 7) is 2.06. The predicted molar refractivity (Wildman–Crippen MR) is 171 cm³/mol. The van der Waals surface area contributed by atoms with Gasteiger partial charge < -0.3 is 31.9 Å². The molecule has 0 aliphatic carbocycles. The predicted octanol–water partition coefficient (Wildman–Crippen LogP) is 3.25. The van der Waals surface area contributed by atoms with E-state index in [1.165, 1.54) is 11.0 Å². The molecule has 238 valence electrons. The van der Waals surface area contributed by atoms with Crippen molar-refractivity contribution >= 4 is 41.1 Å². The molecule has 0 radical (unpaired) electrons. The Bertz CT molecular complexity index is 1540. The van der Waals surface area contributed by atoms with Gasteiger partial charge in [0.25, 0.3) is 0 Å². The quantitative estimate of drug-likeness (QED) is 0.179. The fourth-order valence-electron chi connectivity index (χ4n) is 5.37. The van der Waals surface area contributed by atoms with E-state index in [4.69, 9.17) is 27.8 Å². The van der Waals surface area contributed by atoms with E-state index >= 15 is 0 Å². The number of hydrogen-bond donors (Lipinski definition) is 5. The summed E-state index contributed by atoms with van der Waals surface area (Å²) in [5.41, 5.74) is 15.3. The standard InChI is InChI=1S/C33H38ClN5O6/c1-20-15-23(40)17-29-24(20)18-26(35)32(43)39(29)28(31(42)38-27(30(36)41)16-21-9-3-2-4-10-21)13-7-8-14-37-33(44)45-19-22-11-5-6-12-25(22)34/h2-6,9-12,15,17,26-28,40H,7-8,13-14,16,18-19,35H2,1H3,(H2,36,41)(H,37,44)(H,38,42)/t26?,27-,28-/m0/s1. The van der Waals surface area contributed by atoms with E-state index in [9.17, 15) is 24.3 Å². The second-order valence-corrected chi connectivity index (χ2v) is 11.4. The Hall–Kier alpha value is -4.61. The van der Waals surface area contributed by atoms with E-state index in [1.54, 1.807) is 37.3 Å². The van der Waals surface area contributed by atoms with Crippen molar-refractivity contribution < 1.29 is 29.0 Å². The van der Waals surface area contributed by atoms with E-state index in [-0.39, 0.29) is 38.2 Å². The average molecular weight is 636 g/mol. The monoisotopic (exact) mass is 635 g/mol. The maximum atomic E-state index is 13.9. The molecular formula is C33H38ClN5O6. The third kappa shape index (κ3) is 8.74. The van der Waals surface area contributed by atoms with Crippen LogP contribution in [0, 0.1) is 6.92 Å². The van der Waals surface area contributed by atoms with Crippen LogP contribution in [0.2, 0.25) is 5.02 Å². The van der Waals surface area contributed by atoms with E-state index in [2.05, 4.69) is 10.6 Å². The number of ether oxygens (including phenoxy) is 1. The number of hydrogen-bond acceptors (Lipinski definition) is 7. The fourth-order valence-corrected chi connectivity index (χ4v) is 5.56. The van der Waals surface area contributed by atoms with Crippen LogP contribution in [0.5, 0.6) is 5.75 Å². The van der Waals surface area contributed by atoms with Crippen LogP contribution in [-0.4, -0.2) is 53.6 Å². The molecule has 0 bridgehead atoms. The smallest absolute Gasteiger partial charge is 0.407 e. The van der Waals surface area contributed by atoms with Gasteiger partial charge in [0.2, 0.25) is 17.7 Å². The Morgan fingerprint density at radius 2 is 1.80 bits per heavy atom. The maximum absolute atomic E-state index is 13.9. The lowest BCUT2D eigenvalue weighted by Gasteiger charge is -2.38. The number of benzene rings is 3. The topological polar surface area (TPSA) is 177 Å². The summed E-state index contributed by atoms with van der Waals surface area (Å²) in [5, 5.41) is 16.3. The average Bonchev–Trinajstić information content (AvgIpc) is 3.00. The van der Waals surface area contributed by atoms with Crippen molar-refractivity contribution in [3.63, 3.8) is 0 Å². The Kier molecular flexibility index (Phi) is 11.4. The molecule has 12 heteroatoms. The number of amides is 4. The number of aryl methyl sites for hydroxylation is 1. The van der Waals surface area contributed by atoms with Crippen LogP contribution in [0.4, 0.5) is 10.5 Å². The SMILES string of the molecule is Cc1cc(O)cc2c1CC(N)C(=O)N2[C@@H](CCCCNC(=O)OCc1ccccc1Cl)C(=O)N[C@@H](Cc1ccccc1)C(N)=O. The first kappa shape index (κ1) is 33.3. The number of unbranched alkanes of at least 4 members (excludes halogenated alkanes) is 1. The summed E-state index contributed by atoms with van der Waals surface area (Å²) in [5.74, 6) is -1.85. The van der Waals surface area contributed by atoms with Gasteiger partial charge in [-0.15, -0.1) is 0 Å². The largest absolute Gasteiger partial charge is 0.508 e. The van der Waals surface area contributed by atoms with Crippen LogP contribution in [0.1, 0.15) is 41.5 Å². The number of primary amides is 1. The second-order valence-electron chi connectivity index (χ2n) is 11.0. The van der Waals surface area contributed by atoms with Crippen molar-refractivity contribution in [1.29, 1.82) is 0 Å². The molecule has 11 nitrogen and oxygen atoms in total. The van der Waals surface area contributed by atoms with Gasteiger partial charge in [-0.05, 0) is 61.4 Å². The van der Waals surface area contributed by atoms with Gasteiger partial charge in [0, 0.05) is 29.6 Å². The van der Waals surface area contributed by atoms with Gasteiger partial charge in [-0.1, -0.05) is 60.1 Å². The minimum Gasteiger partial charge on any atom is -0.508 e. The number of fused-ring (bicyclic) bond motifs is 1. The molecule has 4 amide bonds.